The molecule has 2 N–H and O–H groups in total. The van der Waals surface area contributed by atoms with Gasteiger partial charge in [0.25, 0.3) is 0 Å². The summed E-state index contributed by atoms with van der Waals surface area (Å²) in [4.78, 5) is 0. The van der Waals surface area contributed by atoms with Gasteiger partial charge in [-0.1, -0.05) is 13.3 Å². The number of hydrogen-bond acceptors (Lipinski definition) is 3. The molecule has 0 aromatic heterocycles. The van der Waals surface area contributed by atoms with Crippen molar-refractivity contribution in [3.63, 3.8) is 0 Å². The lowest BCUT2D eigenvalue weighted by molar-refractivity contribution is 0.307. The third-order valence-electron chi connectivity index (χ3n) is 2.43. The van der Waals surface area contributed by atoms with Crippen molar-refractivity contribution in [1.82, 2.24) is 0 Å². The molecule has 0 heterocycles. The Balaban J connectivity index is 2.40. The van der Waals surface area contributed by atoms with E-state index in [1.54, 1.807) is 12.1 Å². The first-order valence-corrected chi connectivity index (χ1v) is 6.14. The van der Waals surface area contributed by atoms with Crippen molar-refractivity contribution in [3.05, 3.63) is 36.2 Å². The minimum atomic E-state index is 0.161. The van der Waals surface area contributed by atoms with Crippen LogP contribution < -0.4 is 15.2 Å². The van der Waals surface area contributed by atoms with E-state index >= 15 is 0 Å². The fourth-order valence-electron chi connectivity index (χ4n) is 1.28. The molecule has 0 atom stereocenters. The monoisotopic (exact) mass is 253 g/mol. The van der Waals surface area contributed by atoms with Gasteiger partial charge in [-0.05, 0) is 30.7 Å². The molecule has 100 valence electrons. The van der Waals surface area contributed by atoms with Crippen LogP contribution in [0.1, 0.15) is 19.8 Å². The summed E-state index contributed by atoms with van der Waals surface area (Å²) in [7, 11) is 0. The summed E-state index contributed by atoms with van der Waals surface area (Å²) < 4.78 is 23.2. The van der Waals surface area contributed by atoms with Gasteiger partial charge in [-0.2, -0.15) is 0 Å². The normalized spacial score (nSPS) is 11.4. The summed E-state index contributed by atoms with van der Waals surface area (Å²) in [6.07, 6.45) is 2.64. The molecular weight excluding hydrogens is 233 g/mol. The molecule has 18 heavy (non-hydrogen) atoms. The van der Waals surface area contributed by atoms with Crippen molar-refractivity contribution in [3.8, 4) is 11.5 Å². The predicted molar refractivity (Wildman–Crippen MR) is 70.6 cm³/mol. The summed E-state index contributed by atoms with van der Waals surface area (Å²) in [6.45, 7) is 3.17. The molecule has 0 saturated carbocycles. The number of rotatable bonds is 8. The van der Waals surface area contributed by atoms with Crippen LogP contribution in [0.3, 0.4) is 0 Å². The summed E-state index contributed by atoms with van der Waals surface area (Å²) in [5, 5.41) is 0. The van der Waals surface area contributed by atoms with E-state index in [0.29, 0.717) is 17.7 Å². The van der Waals surface area contributed by atoms with Gasteiger partial charge in [0, 0.05) is 12.1 Å². The fraction of sp³-hybridized carbons (Fsp3) is 0.429. The standard InChI is InChI=1S/C14H20FNO2/c1-2-3-8-17-13-4-6-14(7-5-13)18-11-12(9-15)10-16/h4-7,9H,2-3,8,10-11,16H2,1H3/b12-9+. The van der Waals surface area contributed by atoms with Gasteiger partial charge in [-0.15, -0.1) is 0 Å². The first kappa shape index (κ1) is 14.5. The molecular formula is C14H20FNO2. The molecule has 1 rings (SSSR count). The van der Waals surface area contributed by atoms with Gasteiger partial charge in [0.15, 0.2) is 0 Å². The van der Waals surface area contributed by atoms with Crippen LogP contribution in [0.25, 0.3) is 0 Å². The van der Waals surface area contributed by atoms with E-state index in [1.807, 2.05) is 12.1 Å². The second kappa shape index (κ2) is 8.53. The van der Waals surface area contributed by atoms with Gasteiger partial charge in [-0.25, -0.2) is 4.39 Å². The first-order chi connectivity index (χ1) is 8.80. The average Bonchev–Trinajstić information content (AvgIpc) is 2.42. The lowest BCUT2D eigenvalue weighted by Crippen LogP contribution is -2.10. The van der Waals surface area contributed by atoms with E-state index in [2.05, 4.69) is 6.92 Å². The van der Waals surface area contributed by atoms with Gasteiger partial charge in [0.2, 0.25) is 0 Å². The Morgan fingerprint density at radius 1 is 1.22 bits per heavy atom. The summed E-state index contributed by atoms with van der Waals surface area (Å²) in [6, 6.07) is 7.28. The maximum Gasteiger partial charge on any atom is 0.120 e. The van der Waals surface area contributed by atoms with Crippen molar-refractivity contribution in [2.45, 2.75) is 19.8 Å². The van der Waals surface area contributed by atoms with E-state index in [0.717, 1.165) is 25.2 Å². The van der Waals surface area contributed by atoms with E-state index in [4.69, 9.17) is 15.2 Å². The van der Waals surface area contributed by atoms with Crippen LogP contribution in [-0.2, 0) is 0 Å². The van der Waals surface area contributed by atoms with E-state index in [1.165, 1.54) is 0 Å². The number of nitrogens with two attached hydrogens (primary N) is 1. The number of halogens is 1. The largest absolute Gasteiger partial charge is 0.494 e. The van der Waals surface area contributed by atoms with Crippen LogP contribution in [0.5, 0.6) is 11.5 Å². The molecule has 0 amide bonds. The Hall–Kier alpha value is -1.55. The van der Waals surface area contributed by atoms with Crippen LogP contribution >= 0.6 is 0 Å². The quantitative estimate of drug-likeness (QED) is 0.724. The number of unbranched alkanes of at least 4 members (excludes halogenated alkanes) is 1. The minimum Gasteiger partial charge on any atom is -0.494 e. The molecule has 0 saturated heterocycles. The number of ether oxygens (including phenoxy) is 2. The zero-order valence-corrected chi connectivity index (χ0v) is 10.7. The predicted octanol–water partition coefficient (Wildman–Crippen LogP) is 3.06. The Morgan fingerprint density at radius 3 is 2.33 bits per heavy atom. The molecule has 1 aromatic rings. The smallest absolute Gasteiger partial charge is 0.120 e. The summed E-state index contributed by atoms with van der Waals surface area (Å²) in [5.41, 5.74) is 5.76. The maximum atomic E-state index is 12.3. The molecule has 1 aromatic carbocycles. The van der Waals surface area contributed by atoms with Crippen molar-refractivity contribution in [1.29, 1.82) is 0 Å². The lowest BCUT2D eigenvalue weighted by Gasteiger charge is -2.09. The fourth-order valence-corrected chi connectivity index (χ4v) is 1.28. The highest BCUT2D eigenvalue weighted by Crippen LogP contribution is 2.18. The maximum absolute atomic E-state index is 12.3. The molecule has 0 bridgehead atoms. The third kappa shape index (κ3) is 5.19. The highest BCUT2D eigenvalue weighted by Gasteiger charge is 1.99. The van der Waals surface area contributed by atoms with Crippen molar-refractivity contribution >= 4 is 0 Å². The Kier molecular flexibility index (Phi) is 6.87. The van der Waals surface area contributed by atoms with Crippen molar-refractivity contribution in [2.75, 3.05) is 19.8 Å². The number of hydrogen-bond donors (Lipinski definition) is 1. The van der Waals surface area contributed by atoms with Gasteiger partial charge in [0.1, 0.15) is 18.1 Å². The van der Waals surface area contributed by atoms with E-state index < -0.39 is 0 Å². The molecule has 3 nitrogen and oxygen atoms in total. The van der Waals surface area contributed by atoms with Gasteiger partial charge >= 0.3 is 0 Å². The third-order valence-corrected chi connectivity index (χ3v) is 2.43. The van der Waals surface area contributed by atoms with Crippen LogP contribution in [-0.4, -0.2) is 19.8 Å². The van der Waals surface area contributed by atoms with Gasteiger partial charge < -0.3 is 15.2 Å². The number of benzene rings is 1. The Bertz CT molecular complexity index is 363. The SMILES string of the molecule is CCCCOc1ccc(OC/C(=C/F)CN)cc1. The second-order valence-corrected chi connectivity index (χ2v) is 3.93. The topological polar surface area (TPSA) is 44.5 Å². The first-order valence-electron chi connectivity index (χ1n) is 6.14. The zero-order chi connectivity index (χ0) is 13.2. The summed E-state index contributed by atoms with van der Waals surface area (Å²) >= 11 is 0. The van der Waals surface area contributed by atoms with Gasteiger partial charge in [-0.3, -0.25) is 0 Å². The molecule has 0 fully saturated rings. The summed E-state index contributed by atoms with van der Waals surface area (Å²) in [5.74, 6) is 1.49. The highest BCUT2D eigenvalue weighted by molar-refractivity contribution is 5.31. The van der Waals surface area contributed by atoms with Gasteiger partial charge in [0.05, 0.1) is 12.9 Å². The molecule has 0 spiro atoms. The molecule has 0 aliphatic rings. The van der Waals surface area contributed by atoms with E-state index in [-0.39, 0.29) is 13.2 Å². The Labute approximate surface area is 107 Å². The molecule has 4 heteroatoms. The van der Waals surface area contributed by atoms with E-state index in [9.17, 15) is 4.39 Å². The Morgan fingerprint density at radius 2 is 1.83 bits per heavy atom. The molecule has 0 aliphatic carbocycles. The highest BCUT2D eigenvalue weighted by atomic mass is 19.1. The van der Waals surface area contributed by atoms with Crippen molar-refractivity contribution < 1.29 is 13.9 Å². The zero-order valence-electron chi connectivity index (χ0n) is 10.7. The second-order valence-electron chi connectivity index (χ2n) is 3.93. The van der Waals surface area contributed by atoms with Crippen LogP contribution in [0.15, 0.2) is 36.2 Å². The minimum absolute atomic E-state index is 0.161. The molecule has 0 unspecified atom stereocenters. The molecule has 0 radical (unpaired) electrons. The molecule has 0 aliphatic heterocycles. The van der Waals surface area contributed by atoms with Crippen molar-refractivity contribution in [2.24, 2.45) is 5.73 Å². The van der Waals surface area contributed by atoms with Crippen LogP contribution in [0.2, 0.25) is 0 Å². The lowest BCUT2D eigenvalue weighted by atomic mass is 10.3. The van der Waals surface area contributed by atoms with Crippen LogP contribution in [0, 0.1) is 0 Å². The average molecular weight is 253 g/mol. The van der Waals surface area contributed by atoms with Crippen LogP contribution in [0.4, 0.5) is 4.39 Å².